The summed E-state index contributed by atoms with van der Waals surface area (Å²) in [5.41, 5.74) is 1.15. The zero-order valence-electron chi connectivity index (χ0n) is 11.7. The van der Waals surface area contributed by atoms with E-state index in [0.29, 0.717) is 0 Å². The van der Waals surface area contributed by atoms with Crippen LogP contribution in [0.5, 0.6) is 0 Å². The van der Waals surface area contributed by atoms with Crippen molar-refractivity contribution in [3.63, 3.8) is 0 Å². The third-order valence-corrected chi connectivity index (χ3v) is 3.41. The number of aromatic nitrogens is 2. The van der Waals surface area contributed by atoms with E-state index >= 15 is 0 Å². The molecule has 100 valence electrons. The molecular formula is C13H22N4O. The molecule has 0 aliphatic carbocycles. The van der Waals surface area contributed by atoms with E-state index in [0.717, 1.165) is 37.8 Å². The number of nitrogens with zero attached hydrogens (tertiary/aromatic N) is 3. The second-order valence-corrected chi connectivity index (χ2v) is 5.14. The molecule has 5 nitrogen and oxygen atoms in total. The summed E-state index contributed by atoms with van der Waals surface area (Å²) in [5.74, 6) is 1.95. The molecule has 0 amide bonds. The van der Waals surface area contributed by atoms with Crippen LogP contribution in [0.2, 0.25) is 0 Å². The molecule has 1 saturated heterocycles. The van der Waals surface area contributed by atoms with Gasteiger partial charge in [-0.25, -0.2) is 9.97 Å². The molecule has 2 heterocycles. The molecule has 0 bridgehead atoms. The Kier molecular flexibility index (Phi) is 3.71. The molecule has 0 aromatic carbocycles. The highest BCUT2D eigenvalue weighted by Gasteiger charge is 2.33. The summed E-state index contributed by atoms with van der Waals surface area (Å²) in [6.45, 7) is 8.87. The van der Waals surface area contributed by atoms with Crippen molar-refractivity contribution in [1.82, 2.24) is 9.97 Å². The number of anilines is 2. The van der Waals surface area contributed by atoms with Gasteiger partial charge in [-0.15, -0.1) is 0 Å². The first kappa shape index (κ1) is 13.1. The van der Waals surface area contributed by atoms with Crippen LogP contribution in [-0.2, 0) is 11.2 Å². The topological polar surface area (TPSA) is 50.3 Å². The Labute approximate surface area is 109 Å². The van der Waals surface area contributed by atoms with E-state index < -0.39 is 0 Å². The van der Waals surface area contributed by atoms with Crippen molar-refractivity contribution in [3.8, 4) is 0 Å². The first-order valence-electron chi connectivity index (χ1n) is 6.47. The van der Waals surface area contributed by atoms with Crippen LogP contribution in [0.1, 0.15) is 26.3 Å². The van der Waals surface area contributed by atoms with Crippen molar-refractivity contribution in [2.45, 2.75) is 32.7 Å². The molecule has 1 aliphatic rings. The Morgan fingerprint density at radius 3 is 2.83 bits per heavy atom. The van der Waals surface area contributed by atoms with Crippen LogP contribution < -0.4 is 10.2 Å². The minimum absolute atomic E-state index is 0.0263. The Morgan fingerprint density at radius 2 is 2.22 bits per heavy atom. The van der Waals surface area contributed by atoms with E-state index in [2.05, 4.69) is 41.0 Å². The lowest BCUT2D eigenvalue weighted by Crippen LogP contribution is -2.53. The fraction of sp³-hybridized carbons (Fsp3) is 0.692. The number of hydrogen-bond donors (Lipinski definition) is 1. The van der Waals surface area contributed by atoms with Crippen LogP contribution >= 0.6 is 0 Å². The van der Waals surface area contributed by atoms with Gasteiger partial charge in [0.25, 0.3) is 0 Å². The van der Waals surface area contributed by atoms with Gasteiger partial charge in [0.1, 0.15) is 18.0 Å². The third kappa shape index (κ3) is 2.27. The molecule has 0 spiro atoms. The van der Waals surface area contributed by atoms with Gasteiger partial charge in [0.2, 0.25) is 0 Å². The molecule has 5 heteroatoms. The van der Waals surface area contributed by atoms with Gasteiger partial charge in [0.15, 0.2) is 0 Å². The van der Waals surface area contributed by atoms with Crippen molar-refractivity contribution < 1.29 is 4.74 Å². The average Bonchev–Trinajstić information content (AvgIpc) is 2.37. The van der Waals surface area contributed by atoms with E-state index in [9.17, 15) is 0 Å². The van der Waals surface area contributed by atoms with Gasteiger partial charge in [0, 0.05) is 19.2 Å². The summed E-state index contributed by atoms with van der Waals surface area (Å²) in [7, 11) is 1.90. The molecular weight excluding hydrogens is 228 g/mol. The molecule has 0 unspecified atom stereocenters. The minimum Gasteiger partial charge on any atom is -0.377 e. The first-order valence-corrected chi connectivity index (χ1v) is 6.47. The monoisotopic (exact) mass is 250 g/mol. The Morgan fingerprint density at radius 1 is 1.44 bits per heavy atom. The normalized spacial score (nSPS) is 18.8. The molecule has 0 radical (unpaired) electrons. The summed E-state index contributed by atoms with van der Waals surface area (Å²) < 4.78 is 5.57. The number of hydrogen-bond acceptors (Lipinski definition) is 5. The van der Waals surface area contributed by atoms with Crippen LogP contribution in [0.4, 0.5) is 11.6 Å². The van der Waals surface area contributed by atoms with Gasteiger partial charge in [-0.3, -0.25) is 0 Å². The van der Waals surface area contributed by atoms with Crippen LogP contribution in [-0.4, -0.2) is 42.3 Å². The highest BCUT2D eigenvalue weighted by atomic mass is 16.5. The third-order valence-electron chi connectivity index (χ3n) is 3.41. The van der Waals surface area contributed by atoms with Crippen molar-refractivity contribution in [2.24, 2.45) is 0 Å². The van der Waals surface area contributed by atoms with Gasteiger partial charge < -0.3 is 15.0 Å². The molecule has 0 atom stereocenters. The minimum atomic E-state index is -0.0263. The molecule has 1 aromatic rings. The van der Waals surface area contributed by atoms with E-state index in [1.807, 2.05) is 7.05 Å². The Bertz CT molecular complexity index is 419. The first-order chi connectivity index (χ1) is 8.60. The van der Waals surface area contributed by atoms with E-state index in [1.165, 1.54) is 5.56 Å². The van der Waals surface area contributed by atoms with Gasteiger partial charge in [-0.05, 0) is 20.3 Å². The maximum atomic E-state index is 5.57. The standard InChI is InChI=1S/C13H22N4O/c1-5-10-11(14-4)15-9-16-12(10)17-6-7-18-8-13(17,2)3/h9H,5-8H2,1-4H3,(H,14,15,16). The molecule has 1 fully saturated rings. The van der Waals surface area contributed by atoms with Crippen molar-refractivity contribution in [1.29, 1.82) is 0 Å². The second-order valence-electron chi connectivity index (χ2n) is 5.14. The van der Waals surface area contributed by atoms with Crippen LogP contribution in [0, 0.1) is 0 Å². The highest BCUT2D eigenvalue weighted by molar-refractivity contribution is 5.59. The van der Waals surface area contributed by atoms with Crippen LogP contribution in [0.25, 0.3) is 0 Å². The summed E-state index contributed by atoms with van der Waals surface area (Å²) in [5, 5.41) is 3.14. The largest absolute Gasteiger partial charge is 0.377 e. The number of rotatable bonds is 3. The molecule has 0 saturated carbocycles. The zero-order chi connectivity index (χ0) is 13.2. The van der Waals surface area contributed by atoms with Crippen LogP contribution in [0.15, 0.2) is 6.33 Å². The lowest BCUT2D eigenvalue weighted by molar-refractivity contribution is 0.0638. The molecule has 2 rings (SSSR count). The van der Waals surface area contributed by atoms with E-state index in [-0.39, 0.29) is 5.54 Å². The van der Waals surface area contributed by atoms with Crippen molar-refractivity contribution in [3.05, 3.63) is 11.9 Å². The van der Waals surface area contributed by atoms with E-state index in [1.54, 1.807) is 6.33 Å². The van der Waals surface area contributed by atoms with E-state index in [4.69, 9.17) is 4.74 Å². The molecule has 1 aliphatic heterocycles. The van der Waals surface area contributed by atoms with Gasteiger partial charge in [-0.2, -0.15) is 0 Å². The summed E-state index contributed by atoms with van der Waals surface area (Å²) in [6.07, 6.45) is 2.55. The number of ether oxygens (including phenoxy) is 1. The van der Waals surface area contributed by atoms with Crippen molar-refractivity contribution >= 4 is 11.6 Å². The maximum Gasteiger partial charge on any atom is 0.137 e. The lowest BCUT2D eigenvalue weighted by atomic mass is 10.0. The fourth-order valence-corrected chi connectivity index (χ4v) is 2.43. The number of nitrogens with one attached hydrogen (secondary N) is 1. The fourth-order valence-electron chi connectivity index (χ4n) is 2.43. The summed E-state index contributed by atoms with van der Waals surface area (Å²) >= 11 is 0. The molecule has 1 aromatic heterocycles. The SMILES string of the molecule is CCc1c(NC)ncnc1N1CCOCC1(C)C. The Hall–Kier alpha value is -1.36. The maximum absolute atomic E-state index is 5.57. The average molecular weight is 250 g/mol. The molecule has 1 N–H and O–H groups in total. The van der Waals surface area contributed by atoms with Gasteiger partial charge >= 0.3 is 0 Å². The predicted molar refractivity (Wildman–Crippen MR) is 73.2 cm³/mol. The quantitative estimate of drug-likeness (QED) is 0.884. The summed E-state index contributed by atoms with van der Waals surface area (Å²) in [4.78, 5) is 11.1. The predicted octanol–water partition coefficient (Wildman–Crippen LogP) is 1.70. The zero-order valence-corrected chi connectivity index (χ0v) is 11.7. The number of morpholine rings is 1. The molecule has 18 heavy (non-hydrogen) atoms. The highest BCUT2D eigenvalue weighted by Crippen LogP contribution is 2.30. The Balaban J connectivity index is 2.43. The second kappa shape index (κ2) is 5.10. The van der Waals surface area contributed by atoms with Gasteiger partial charge in [-0.1, -0.05) is 6.92 Å². The summed E-state index contributed by atoms with van der Waals surface area (Å²) in [6, 6.07) is 0. The van der Waals surface area contributed by atoms with Gasteiger partial charge in [0.05, 0.1) is 18.8 Å². The smallest absolute Gasteiger partial charge is 0.137 e. The lowest BCUT2D eigenvalue weighted by Gasteiger charge is -2.43. The van der Waals surface area contributed by atoms with Crippen LogP contribution in [0.3, 0.4) is 0 Å². The van der Waals surface area contributed by atoms with Crippen molar-refractivity contribution in [2.75, 3.05) is 37.0 Å².